The van der Waals surface area contributed by atoms with Gasteiger partial charge in [0.05, 0.1) is 23.7 Å². The van der Waals surface area contributed by atoms with E-state index < -0.39 is 89.8 Å². The molecule has 0 spiro atoms. The highest BCUT2D eigenvalue weighted by Gasteiger charge is 2.56. The van der Waals surface area contributed by atoms with E-state index in [9.17, 15) is 33.9 Å². The van der Waals surface area contributed by atoms with E-state index >= 15 is 0 Å². The van der Waals surface area contributed by atoms with Crippen molar-refractivity contribution in [3.8, 4) is 5.75 Å². The van der Waals surface area contributed by atoms with Crippen LogP contribution in [0.1, 0.15) is 85.8 Å². The quantitative estimate of drug-likeness (QED) is 0.261. The third-order valence-corrected chi connectivity index (χ3v) is 9.14. The molecule has 1 aliphatic heterocycles. The Balaban J connectivity index is 1.54. The topological polar surface area (TPSA) is 178 Å². The summed E-state index contributed by atoms with van der Waals surface area (Å²) in [5.41, 5.74) is 0.872. The number of rotatable bonds is 7. The Hall–Kier alpha value is -4.10. The number of methoxy groups -OCH3 is 1. The minimum atomic E-state index is -1.13. The fraction of sp³-hybridized carbons (Fsp3) is 0.576. The molecule has 3 aliphatic carbocycles. The van der Waals surface area contributed by atoms with E-state index in [4.69, 9.17) is 28.4 Å². The molecule has 0 unspecified atom stereocenters. The van der Waals surface area contributed by atoms with Crippen LogP contribution in [-0.2, 0) is 47.6 Å². The molecule has 0 bridgehead atoms. The summed E-state index contributed by atoms with van der Waals surface area (Å²) < 4.78 is 33.5. The summed E-state index contributed by atoms with van der Waals surface area (Å²) >= 11 is 0. The van der Waals surface area contributed by atoms with Crippen molar-refractivity contribution < 1.29 is 62.3 Å². The summed E-state index contributed by atoms with van der Waals surface area (Å²) in [4.78, 5) is 76.0. The molecule has 1 heterocycles. The summed E-state index contributed by atoms with van der Waals surface area (Å²) in [7, 11) is 1.45. The molecule has 0 amide bonds. The maximum absolute atomic E-state index is 14.3. The van der Waals surface area contributed by atoms with Gasteiger partial charge in [0.2, 0.25) is 0 Å². The lowest BCUT2D eigenvalue weighted by Gasteiger charge is -2.47. The number of carbonyl (C=O) groups is 6. The monoisotopic (exact) mass is 642 g/mol. The van der Waals surface area contributed by atoms with Gasteiger partial charge in [-0.2, -0.15) is 0 Å². The molecule has 13 nitrogen and oxygen atoms in total. The van der Waals surface area contributed by atoms with Crippen LogP contribution in [0.5, 0.6) is 5.75 Å². The number of hydrogen-bond acceptors (Lipinski definition) is 13. The minimum absolute atomic E-state index is 0.0253. The molecule has 5 rings (SSSR count). The predicted octanol–water partition coefficient (Wildman–Crippen LogP) is 2.95. The van der Waals surface area contributed by atoms with E-state index in [1.807, 2.05) is 6.08 Å². The fourth-order valence-corrected chi connectivity index (χ4v) is 7.49. The van der Waals surface area contributed by atoms with Crippen molar-refractivity contribution in [2.75, 3.05) is 13.7 Å². The number of hydrogen-bond donors (Lipinski definition) is 1. The average Bonchev–Trinajstić information content (AvgIpc) is 2.98. The molecule has 1 N–H and O–H groups in total. The first-order valence-corrected chi connectivity index (χ1v) is 15.3. The molecule has 4 aliphatic rings. The SMILES string of the molecule is CO[C@H]1C=C2CCC[C@H](OC(C)=O)[C@H]2[C@H]2C(=O)c3ccc([C@H]4C[C@@H](OC(C)=O)[C@H](OC(C)=O)[C@@H](COC(C)=O)O4)c(O)c3C(=O)[C@H]21. The van der Waals surface area contributed by atoms with Crippen LogP contribution in [0.15, 0.2) is 23.8 Å². The van der Waals surface area contributed by atoms with Gasteiger partial charge in [0.15, 0.2) is 17.7 Å². The van der Waals surface area contributed by atoms with E-state index in [0.717, 1.165) is 12.0 Å². The largest absolute Gasteiger partial charge is 0.507 e. The van der Waals surface area contributed by atoms with Crippen LogP contribution in [-0.4, -0.2) is 84.8 Å². The second-order valence-electron chi connectivity index (χ2n) is 12.1. The highest BCUT2D eigenvalue weighted by Crippen LogP contribution is 2.52. The molecule has 1 aromatic rings. The zero-order chi connectivity index (χ0) is 33.4. The number of phenolic OH excluding ortho intramolecular Hbond substituents is 1. The van der Waals surface area contributed by atoms with Crippen molar-refractivity contribution >= 4 is 35.4 Å². The van der Waals surface area contributed by atoms with Crippen LogP contribution in [0.4, 0.5) is 0 Å². The molecule has 13 heteroatoms. The number of ketones is 2. The molecule has 2 fully saturated rings. The Bertz CT molecular complexity index is 1480. The van der Waals surface area contributed by atoms with Crippen molar-refractivity contribution in [3.63, 3.8) is 0 Å². The van der Waals surface area contributed by atoms with Crippen LogP contribution in [0, 0.1) is 17.8 Å². The summed E-state index contributed by atoms with van der Waals surface area (Å²) in [5, 5.41) is 11.7. The maximum atomic E-state index is 14.3. The van der Waals surface area contributed by atoms with Gasteiger partial charge in [0.1, 0.15) is 30.7 Å². The molecule has 1 saturated carbocycles. The van der Waals surface area contributed by atoms with Gasteiger partial charge in [-0.15, -0.1) is 0 Å². The minimum Gasteiger partial charge on any atom is -0.507 e. The first-order valence-electron chi connectivity index (χ1n) is 15.3. The second-order valence-corrected chi connectivity index (χ2v) is 12.1. The van der Waals surface area contributed by atoms with Gasteiger partial charge in [-0.3, -0.25) is 28.8 Å². The first kappa shape index (κ1) is 33.3. The summed E-state index contributed by atoms with van der Waals surface area (Å²) in [5.74, 6) is -6.17. The fourth-order valence-electron chi connectivity index (χ4n) is 7.49. The normalized spacial score (nSPS) is 31.8. The lowest BCUT2D eigenvalue weighted by molar-refractivity contribution is -0.216. The number of ether oxygens (including phenoxy) is 6. The Morgan fingerprint density at radius 3 is 2.17 bits per heavy atom. The lowest BCUT2D eigenvalue weighted by atomic mass is 9.58. The smallest absolute Gasteiger partial charge is 0.303 e. The highest BCUT2D eigenvalue weighted by atomic mass is 16.6. The van der Waals surface area contributed by atoms with Gasteiger partial charge in [-0.05, 0) is 19.3 Å². The number of fused-ring (bicyclic) bond motifs is 4. The molecule has 1 aromatic carbocycles. The van der Waals surface area contributed by atoms with Crippen molar-refractivity contribution in [2.45, 2.75) is 90.0 Å². The summed E-state index contributed by atoms with van der Waals surface area (Å²) in [6, 6.07) is 2.91. The van der Waals surface area contributed by atoms with Crippen molar-refractivity contribution in [3.05, 3.63) is 40.5 Å². The Labute approximate surface area is 265 Å². The maximum Gasteiger partial charge on any atom is 0.303 e. The Morgan fingerprint density at radius 2 is 1.54 bits per heavy atom. The number of benzene rings is 1. The number of Topliss-reactive ketones (excluding diaryl/α,β-unsaturated/α-hetero) is 2. The van der Waals surface area contributed by atoms with E-state index in [2.05, 4.69) is 0 Å². The third-order valence-electron chi connectivity index (χ3n) is 9.14. The predicted molar refractivity (Wildman–Crippen MR) is 155 cm³/mol. The van der Waals surface area contributed by atoms with Crippen molar-refractivity contribution in [2.24, 2.45) is 17.8 Å². The van der Waals surface area contributed by atoms with E-state index in [0.29, 0.717) is 12.8 Å². The third kappa shape index (κ3) is 6.30. The number of carbonyl (C=O) groups excluding carboxylic acids is 6. The molecule has 1 saturated heterocycles. The number of esters is 4. The highest BCUT2D eigenvalue weighted by molar-refractivity contribution is 6.18. The van der Waals surface area contributed by atoms with Gasteiger partial charge in [0, 0.05) is 64.2 Å². The summed E-state index contributed by atoms with van der Waals surface area (Å²) in [6.07, 6.45) is -1.92. The number of phenols is 1. The molecule has 248 valence electrons. The number of aromatic hydroxyl groups is 1. The van der Waals surface area contributed by atoms with Crippen molar-refractivity contribution in [1.82, 2.24) is 0 Å². The van der Waals surface area contributed by atoms with E-state index in [-0.39, 0.29) is 35.5 Å². The van der Waals surface area contributed by atoms with Crippen LogP contribution in [0.3, 0.4) is 0 Å². The standard InChI is InChI=1S/C33H38O13/c1-14(34)42-13-25-33(45-17(4)37)24(44-16(3)36)12-22(46-25)19-9-10-20-27(30(19)38)32(40)28-23(41-5)11-18-7-6-8-21(43-15(2)35)26(18)29(28)31(20)39/h9-11,21-26,28-29,33,38H,6-8,12-13H2,1-5H3/t21-,22+,23-,24+,25+,26-,28-,29+,33-/m0/s1. The lowest BCUT2D eigenvalue weighted by Crippen LogP contribution is -2.53. The first-order chi connectivity index (χ1) is 21.8. The zero-order valence-electron chi connectivity index (χ0n) is 26.3. The van der Waals surface area contributed by atoms with Gasteiger partial charge < -0.3 is 33.5 Å². The molecule has 46 heavy (non-hydrogen) atoms. The van der Waals surface area contributed by atoms with Crippen LogP contribution in [0.2, 0.25) is 0 Å². The molecule has 9 atom stereocenters. The van der Waals surface area contributed by atoms with Crippen LogP contribution >= 0.6 is 0 Å². The molecule has 0 radical (unpaired) electrons. The van der Waals surface area contributed by atoms with Crippen LogP contribution in [0.25, 0.3) is 0 Å². The van der Waals surface area contributed by atoms with Crippen LogP contribution < -0.4 is 0 Å². The van der Waals surface area contributed by atoms with Gasteiger partial charge in [-0.25, -0.2) is 0 Å². The summed E-state index contributed by atoms with van der Waals surface area (Å²) in [6.45, 7) is 4.49. The van der Waals surface area contributed by atoms with Gasteiger partial charge in [0.25, 0.3) is 0 Å². The van der Waals surface area contributed by atoms with E-state index in [1.165, 1.54) is 46.9 Å². The Morgan fingerprint density at radius 1 is 0.870 bits per heavy atom. The molecular formula is C33H38O13. The molecule has 0 aromatic heterocycles. The van der Waals surface area contributed by atoms with Gasteiger partial charge >= 0.3 is 23.9 Å². The average molecular weight is 643 g/mol. The molecular weight excluding hydrogens is 604 g/mol. The van der Waals surface area contributed by atoms with Crippen molar-refractivity contribution in [1.29, 1.82) is 0 Å². The van der Waals surface area contributed by atoms with Gasteiger partial charge in [-0.1, -0.05) is 23.8 Å². The Kier molecular flexibility index (Phi) is 9.64. The second kappa shape index (κ2) is 13.3. The zero-order valence-corrected chi connectivity index (χ0v) is 26.3. The van der Waals surface area contributed by atoms with E-state index in [1.54, 1.807) is 0 Å².